The van der Waals surface area contributed by atoms with Gasteiger partial charge in [-0.15, -0.1) is 0 Å². The van der Waals surface area contributed by atoms with Gasteiger partial charge in [0.2, 0.25) is 0 Å². The number of amides is 1. The highest BCUT2D eigenvalue weighted by Gasteiger charge is 2.26. The van der Waals surface area contributed by atoms with Gasteiger partial charge >= 0.3 is 0 Å². The average Bonchev–Trinajstić information content (AvgIpc) is 2.89. The van der Waals surface area contributed by atoms with E-state index in [2.05, 4.69) is 20.4 Å². The number of rotatable bonds is 3. The van der Waals surface area contributed by atoms with E-state index in [1.165, 1.54) is 11.3 Å². The number of thiazole rings is 1. The van der Waals surface area contributed by atoms with E-state index in [0.717, 1.165) is 18.5 Å². The molecule has 94 valence electrons. The Bertz CT molecular complexity index is 601. The van der Waals surface area contributed by atoms with E-state index >= 15 is 0 Å². The molecule has 1 aliphatic rings. The summed E-state index contributed by atoms with van der Waals surface area (Å²) in [6.45, 7) is 1.80. The molecule has 8 heteroatoms. The minimum Gasteiger partial charge on any atom is -0.375 e. The molecule has 0 radical (unpaired) electrons. The lowest BCUT2D eigenvalue weighted by Crippen LogP contribution is -2.26. The second-order valence-corrected chi connectivity index (χ2v) is 5.17. The normalized spacial score (nSPS) is 14.7. The largest absolute Gasteiger partial charge is 0.375 e. The van der Waals surface area contributed by atoms with Crippen LogP contribution in [0.4, 0.5) is 5.13 Å². The van der Waals surface area contributed by atoms with E-state index in [1.54, 1.807) is 6.92 Å². The Labute approximate surface area is 106 Å². The monoisotopic (exact) mass is 265 g/mol. The number of anilines is 1. The minimum absolute atomic E-state index is 0.0447. The van der Waals surface area contributed by atoms with Crippen LogP contribution in [-0.4, -0.2) is 27.1 Å². The van der Waals surface area contributed by atoms with Gasteiger partial charge in [0, 0.05) is 6.04 Å². The van der Waals surface area contributed by atoms with Crippen molar-refractivity contribution in [3.05, 3.63) is 11.5 Å². The summed E-state index contributed by atoms with van der Waals surface area (Å²) in [7, 11) is 0. The van der Waals surface area contributed by atoms with Crippen LogP contribution in [-0.2, 0) is 0 Å². The Morgan fingerprint density at radius 2 is 2.28 bits per heavy atom. The summed E-state index contributed by atoms with van der Waals surface area (Å²) >= 11 is 1.26. The molecule has 1 aliphatic carbocycles. The molecule has 18 heavy (non-hydrogen) atoms. The van der Waals surface area contributed by atoms with Crippen LogP contribution in [0.25, 0.3) is 10.8 Å². The first-order valence-electron chi connectivity index (χ1n) is 5.51. The van der Waals surface area contributed by atoms with Crippen molar-refractivity contribution in [2.75, 3.05) is 5.73 Å². The predicted molar refractivity (Wildman–Crippen MR) is 65.0 cm³/mol. The molecule has 2 aromatic rings. The summed E-state index contributed by atoms with van der Waals surface area (Å²) in [6, 6.07) is 0.264. The zero-order valence-electron chi connectivity index (χ0n) is 9.64. The van der Waals surface area contributed by atoms with E-state index in [1.807, 2.05) is 0 Å². The van der Waals surface area contributed by atoms with Crippen molar-refractivity contribution >= 4 is 22.4 Å². The van der Waals surface area contributed by atoms with Crippen LogP contribution in [0.5, 0.6) is 0 Å². The molecule has 7 nitrogen and oxygen atoms in total. The highest BCUT2D eigenvalue weighted by Crippen LogP contribution is 2.29. The van der Waals surface area contributed by atoms with E-state index in [0.29, 0.717) is 10.0 Å². The fraction of sp³-hybridized carbons (Fsp3) is 0.400. The molecule has 0 bridgehead atoms. The lowest BCUT2D eigenvalue weighted by Gasteiger charge is -1.95. The average molecular weight is 265 g/mol. The highest BCUT2D eigenvalue weighted by molar-refractivity contribution is 7.18. The molecule has 0 saturated heterocycles. The van der Waals surface area contributed by atoms with Gasteiger partial charge in [-0.3, -0.25) is 4.79 Å². The Balaban J connectivity index is 1.84. The van der Waals surface area contributed by atoms with Gasteiger partial charge in [0.05, 0.1) is 5.69 Å². The molecule has 0 atom stereocenters. The van der Waals surface area contributed by atoms with Gasteiger partial charge in [0.1, 0.15) is 4.88 Å². The molecule has 3 rings (SSSR count). The third kappa shape index (κ3) is 2.06. The molecule has 1 amide bonds. The summed E-state index contributed by atoms with van der Waals surface area (Å²) in [6.07, 6.45) is 2.03. The standard InChI is InChI=1S/C10H11N5O2S/c1-4-6(18-10(11)12-4)9-14-7(15-17-9)8(16)13-5-2-3-5/h5H,2-3H2,1H3,(H2,11,12)(H,13,16). The number of nitrogens with two attached hydrogens (primary N) is 1. The quantitative estimate of drug-likeness (QED) is 0.856. The Hall–Kier alpha value is -1.96. The molecule has 0 spiro atoms. The van der Waals surface area contributed by atoms with Crippen LogP contribution >= 0.6 is 11.3 Å². The zero-order valence-corrected chi connectivity index (χ0v) is 10.5. The van der Waals surface area contributed by atoms with Crippen molar-refractivity contribution in [2.24, 2.45) is 0 Å². The lowest BCUT2D eigenvalue weighted by atomic mass is 10.4. The SMILES string of the molecule is Cc1nc(N)sc1-c1nc(C(=O)NC2CC2)no1. The number of nitrogens with one attached hydrogen (secondary N) is 1. The second-order valence-electron chi connectivity index (χ2n) is 4.14. The molecule has 1 fully saturated rings. The third-order valence-corrected chi connectivity index (χ3v) is 3.52. The van der Waals surface area contributed by atoms with Crippen molar-refractivity contribution < 1.29 is 9.32 Å². The Morgan fingerprint density at radius 3 is 2.89 bits per heavy atom. The van der Waals surface area contributed by atoms with E-state index in [9.17, 15) is 4.79 Å². The smallest absolute Gasteiger partial charge is 0.292 e. The van der Waals surface area contributed by atoms with Gasteiger partial charge in [-0.25, -0.2) is 4.98 Å². The Morgan fingerprint density at radius 1 is 1.50 bits per heavy atom. The van der Waals surface area contributed by atoms with Crippen molar-refractivity contribution in [3.8, 4) is 10.8 Å². The summed E-state index contributed by atoms with van der Waals surface area (Å²) < 4.78 is 5.06. The van der Waals surface area contributed by atoms with Gasteiger partial charge in [-0.1, -0.05) is 16.5 Å². The van der Waals surface area contributed by atoms with Crippen LogP contribution in [0.3, 0.4) is 0 Å². The molecular weight excluding hydrogens is 254 g/mol. The van der Waals surface area contributed by atoms with Gasteiger partial charge in [0.25, 0.3) is 17.6 Å². The second kappa shape index (κ2) is 4.05. The molecule has 1 saturated carbocycles. The number of carbonyl (C=O) groups is 1. The summed E-state index contributed by atoms with van der Waals surface area (Å²) in [4.78, 5) is 20.5. The summed E-state index contributed by atoms with van der Waals surface area (Å²) in [5, 5.41) is 6.89. The summed E-state index contributed by atoms with van der Waals surface area (Å²) in [5.41, 5.74) is 6.31. The van der Waals surface area contributed by atoms with Crippen molar-refractivity contribution in [2.45, 2.75) is 25.8 Å². The first-order chi connectivity index (χ1) is 8.63. The molecule has 2 heterocycles. The molecule has 0 aromatic carbocycles. The van der Waals surface area contributed by atoms with Crippen LogP contribution in [0.1, 0.15) is 29.2 Å². The topological polar surface area (TPSA) is 107 Å². The van der Waals surface area contributed by atoms with Crippen LogP contribution in [0.2, 0.25) is 0 Å². The highest BCUT2D eigenvalue weighted by atomic mass is 32.1. The van der Waals surface area contributed by atoms with Crippen LogP contribution < -0.4 is 11.1 Å². The number of aromatic nitrogens is 3. The number of hydrogen-bond donors (Lipinski definition) is 2. The molecule has 2 aromatic heterocycles. The number of carbonyl (C=O) groups excluding carboxylic acids is 1. The van der Waals surface area contributed by atoms with Gasteiger partial charge in [-0.05, 0) is 19.8 Å². The fourth-order valence-corrected chi connectivity index (χ4v) is 2.26. The van der Waals surface area contributed by atoms with Crippen LogP contribution in [0, 0.1) is 6.92 Å². The number of hydrogen-bond acceptors (Lipinski definition) is 7. The molecular formula is C10H11N5O2S. The van der Waals surface area contributed by atoms with Gasteiger partial charge < -0.3 is 15.6 Å². The maximum atomic E-state index is 11.7. The lowest BCUT2D eigenvalue weighted by molar-refractivity contribution is 0.0937. The molecule has 3 N–H and O–H groups in total. The van der Waals surface area contributed by atoms with Gasteiger partial charge in [0.15, 0.2) is 5.13 Å². The first-order valence-corrected chi connectivity index (χ1v) is 6.33. The predicted octanol–water partition coefficient (Wildman–Crippen LogP) is 0.976. The molecule has 0 unspecified atom stereocenters. The van der Waals surface area contributed by atoms with Crippen molar-refractivity contribution in [1.82, 2.24) is 20.4 Å². The first kappa shape index (κ1) is 11.1. The van der Waals surface area contributed by atoms with E-state index in [-0.39, 0.29) is 23.7 Å². The van der Waals surface area contributed by atoms with Crippen LogP contribution in [0.15, 0.2) is 4.52 Å². The fourth-order valence-electron chi connectivity index (χ4n) is 1.50. The maximum Gasteiger partial charge on any atom is 0.292 e. The Kier molecular flexibility index (Phi) is 2.51. The summed E-state index contributed by atoms with van der Waals surface area (Å²) in [5.74, 6) is 0.0218. The molecule has 0 aliphatic heterocycles. The number of nitrogen functional groups attached to an aromatic ring is 1. The van der Waals surface area contributed by atoms with Crippen molar-refractivity contribution in [1.29, 1.82) is 0 Å². The number of nitrogens with zero attached hydrogens (tertiary/aromatic N) is 3. The van der Waals surface area contributed by atoms with Gasteiger partial charge in [-0.2, -0.15) is 4.98 Å². The van der Waals surface area contributed by atoms with E-state index < -0.39 is 0 Å². The minimum atomic E-state index is -0.303. The third-order valence-electron chi connectivity index (χ3n) is 2.55. The maximum absolute atomic E-state index is 11.7. The van der Waals surface area contributed by atoms with Crippen molar-refractivity contribution in [3.63, 3.8) is 0 Å². The van der Waals surface area contributed by atoms with E-state index in [4.69, 9.17) is 10.3 Å². The zero-order chi connectivity index (χ0) is 12.7. The number of aryl methyl sites for hydroxylation is 1.